The van der Waals surface area contributed by atoms with E-state index in [2.05, 4.69) is 10.6 Å². The number of carbonyl (C=O) groups excluding carboxylic acids is 1. The molecule has 0 saturated carbocycles. The molecule has 2 atom stereocenters. The SMILES string of the molecule is C[C@H](NCC(=O)N[C@@H](C)c1ccc(Cl)cc1Cl)c1ccccc1. The Labute approximate surface area is 147 Å². The predicted molar refractivity (Wildman–Crippen MR) is 95.9 cm³/mol. The van der Waals surface area contributed by atoms with Crippen LogP contribution in [0.5, 0.6) is 0 Å². The van der Waals surface area contributed by atoms with E-state index < -0.39 is 0 Å². The number of carbonyl (C=O) groups is 1. The minimum atomic E-state index is -0.180. The summed E-state index contributed by atoms with van der Waals surface area (Å²) in [7, 11) is 0. The third-order valence-electron chi connectivity index (χ3n) is 3.67. The third-order valence-corrected chi connectivity index (χ3v) is 4.24. The smallest absolute Gasteiger partial charge is 0.234 e. The van der Waals surface area contributed by atoms with Crippen molar-refractivity contribution in [2.24, 2.45) is 0 Å². The fourth-order valence-corrected chi connectivity index (χ4v) is 2.90. The van der Waals surface area contributed by atoms with Crippen LogP contribution in [-0.2, 0) is 4.79 Å². The van der Waals surface area contributed by atoms with Crippen LogP contribution in [0.3, 0.4) is 0 Å². The summed E-state index contributed by atoms with van der Waals surface area (Å²) < 4.78 is 0. The number of benzene rings is 2. The zero-order valence-corrected chi connectivity index (χ0v) is 14.7. The molecular weight excluding hydrogens is 331 g/mol. The minimum absolute atomic E-state index is 0.0775. The highest BCUT2D eigenvalue weighted by Gasteiger charge is 2.14. The number of amides is 1. The maximum absolute atomic E-state index is 12.1. The van der Waals surface area contributed by atoms with Crippen LogP contribution in [0.4, 0.5) is 0 Å². The second-order valence-electron chi connectivity index (χ2n) is 5.47. The van der Waals surface area contributed by atoms with Crippen molar-refractivity contribution in [3.8, 4) is 0 Å². The molecule has 2 aromatic carbocycles. The molecule has 0 heterocycles. The summed E-state index contributed by atoms with van der Waals surface area (Å²) in [6.45, 7) is 4.17. The molecule has 1 amide bonds. The standard InChI is InChI=1S/C18H20Cl2N2O/c1-12(14-6-4-3-5-7-14)21-11-18(23)22-13(2)16-9-8-15(19)10-17(16)20/h3-10,12-13,21H,11H2,1-2H3,(H,22,23)/t12-,13-/m0/s1. The Kier molecular flexibility index (Phi) is 6.46. The lowest BCUT2D eigenvalue weighted by Crippen LogP contribution is -2.36. The molecule has 2 aromatic rings. The molecule has 2 N–H and O–H groups in total. The van der Waals surface area contributed by atoms with Crippen LogP contribution in [0, 0.1) is 0 Å². The largest absolute Gasteiger partial charge is 0.348 e. The monoisotopic (exact) mass is 350 g/mol. The van der Waals surface area contributed by atoms with Crippen molar-refractivity contribution in [1.82, 2.24) is 10.6 Å². The van der Waals surface area contributed by atoms with Gasteiger partial charge in [0.25, 0.3) is 0 Å². The van der Waals surface area contributed by atoms with Crippen LogP contribution in [0.1, 0.15) is 37.1 Å². The first-order valence-electron chi connectivity index (χ1n) is 7.50. The van der Waals surface area contributed by atoms with Crippen LogP contribution < -0.4 is 10.6 Å². The molecule has 0 spiro atoms. The molecule has 122 valence electrons. The van der Waals surface area contributed by atoms with Crippen molar-refractivity contribution in [2.45, 2.75) is 25.9 Å². The molecule has 3 nitrogen and oxygen atoms in total. The van der Waals surface area contributed by atoms with E-state index >= 15 is 0 Å². The van der Waals surface area contributed by atoms with E-state index in [0.29, 0.717) is 10.0 Å². The second kappa shape index (κ2) is 8.34. The van der Waals surface area contributed by atoms with Gasteiger partial charge in [-0.3, -0.25) is 4.79 Å². The van der Waals surface area contributed by atoms with E-state index in [1.165, 1.54) is 0 Å². The molecule has 0 bridgehead atoms. The molecule has 5 heteroatoms. The van der Waals surface area contributed by atoms with E-state index in [0.717, 1.165) is 11.1 Å². The lowest BCUT2D eigenvalue weighted by Gasteiger charge is -2.18. The number of nitrogens with one attached hydrogen (secondary N) is 2. The Bertz CT molecular complexity index is 661. The number of rotatable bonds is 6. The van der Waals surface area contributed by atoms with Gasteiger partial charge in [0.15, 0.2) is 0 Å². The summed E-state index contributed by atoms with van der Waals surface area (Å²) in [5.74, 6) is -0.0775. The second-order valence-corrected chi connectivity index (χ2v) is 6.31. The average molecular weight is 351 g/mol. The number of hydrogen-bond acceptors (Lipinski definition) is 2. The van der Waals surface area contributed by atoms with E-state index in [1.54, 1.807) is 12.1 Å². The summed E-state index contributed by atoms with van der Waals surface area (Å²) in [5.41, 5.74) is 2.00. The van der Waals surface area contributed by atoms with Gasteiger partial charge in [0, 0.05) is 16.1 Å². The molecular formula is C18H20Cl2N2O. The van der Waals surface area contributed by atoms with Gasteiger partial charge in [-0.25, -0.2) is 0 Å². The Morgan fingerprint density at radius 3 is 2.39 bits per heavy atom. The van der Waals surface area contributed by atoms with Gasteiger partial charge in [0.05, 0.1) is 12.6 Å². The van der Waals surface area contributed by atoms with Crippen LogP contribution in [0.25, 0.3) is 0 Å². The van der Waals surface area contributed by atoms with Gasteiger partial charge in [-0.2, -0.15) is 0 Å². The molecule has 0 radical (unpaired) electrons. The van der Waals surface area contributed by atoms with Gasteiger partial charge in [-0.15, -0.1) is 0 Å². The zero-order valence-electron chi connectivity index (χ0n) is 13.1. The summed E-state index contributed by atoms with van der Waals surface area (Å²) in [6.07, 6.45) is 0. The Balaban J connectivity index is 1.87. The number of halogens is 2. The molecule has 0 aliphatic heterocycles. The van der Waals surface area contributed by atoms with Gasteiger partial charge in [0.2, 0.25) is 5.91 Å². The normalized spacial score (nSPS) is 13.4. The van der Waals surface area contributed by atoms with E-state index in [-0.39, 0.29) is 24.5 Å². The highest BCUT2D eigenvalue weighted by Crippen LogP contribution is 2.25. The Morgan fingerprint density at radius 1 is 1.04 bits per heavy atom. The van der Waals surface area contributed by atoms with Crippen molar-refractivity contribution in [1.29, 1.82) is 0 Å². The summed E-state index contributed by atoms with van der Waals surface area (Å²) >= 11 is 12.1. The Morgan fingerprint density at radius 2 is 1.74 bits per heavy atom. The van der Waals surface area contributed by atoms with E-state index in [9.17, 15) is 4.79 Å². The molecule has 23 heavy (non-hydrogen) atoms. The summed E-state index contributed by atoms with van der Waals surface area (Å²) in [4.78, 5) is 12.1. The van der Waals surface area contributed by atoms with Crippen molar-refractivity contribution < 1.29 is 4.79 Å². The quantitative estimate of drug-likeness (QED) is 0.803. The first-order valence-corrected chi connectivity index (χ1v) is 8.25. The van der Waals surface area contributed by atoms with E-state index in [1.807, 2.05) is 50.2 Å². The van der Waals surface area contributed by atoms with Crippen molar-refractivity contribution in [3.05, 3.63) is 69.7 Å². The Hall–Kier alpha value is -1.55. The zero-order chi connectivity index (χ0) is 16.8. The van der Waals surface area contributed by atoms with Gasteiger partial charge in [-0.1, -0.05) is 59.6 Å². The van der Waals surface area contributed by atoms with Crippen LogP contribution >= 0.6 is 23.2 Å². The highest BCUT2D eigenvalue weighted by molar-refractivity contribution is 6.35. The van der Waals surface area contributed by atoms with Crippen LogP contribution in [-0.4, -0.2) is 12.5 Å². The fraction of sp³-hybridized carbons (Fsp3) is 0.278. The molecule has 0 saturated heterocycles. The van der Waals surface area contributed by atoms with Crippen molar-refractivity contribution in [3.63, 3.8) is 0 Å². The maximum atomic E-state index is 12.1. The first-order chi connectivity index (χ1) is 11.0. The topological polar surface area (TPSA) is 41.1 Å². The average Bonchev–Trinajstić information content (AvgIpc) is 2.53. The molecule has 2 rings (SSSR count). The van der Waals surface area contributed by atoms with Gasteiger partial charge >= 0.3 is 0 Å². The predicted octanol–water partition coefficient (Wildman–Crippen LogP) is 4.52. The van der Waals surface area contributed by atoms with Crippen molar-refractivity contribution >= 4 is 29.1 Å². The molecule has 0 aliphatic carbocycles. The fourth-order valence-electron chi connectivity index (χ4n) is 2.33. The summed E-state index contributed by atoms with van der Waals surface area (Å²) in [5, 5.41) is 7.28. The van der Waals surface area contributed by atoms with Gasteiger partial charge < -0.3 is 10.6 Å². The first kappa shape index (κ1) is 17.8. The van der Waals surface area contributed by atoms with Gasteiger partial charge in [-0.05, 0) is 37.1 Å². The van der Waals surface area contributed by atoms with Crippen molar-refractivity contribution in [2.75, 3.05) is 6.54 Å². The van der Waals surface area contributed by atoms with E-state index in [4.69, 9.17) is 23.2 Å². The molecule has 0 aromatic heterocycles. The summed E-state index contributed by atoms with van der Waals surface area (Å²) in [6, 6.07) is 15.2. The highest BCUT2D eigenvalue weighted by atomic mass is 35.5. The van der Waals surface area contributed by atoms with Crippen LogP contribution in [0.15, 0.2) is 48.5 Å². The number of hydrogen-bond donors (Lipinski definition) is 2. The lowest BCUT2D eigenvalue weighted by molar-refractivity contribution is -0.121. The van der Waals surface area contributed by atoms with Gasteiger partial charge in [0.1, 0.15) is 0 Å². The van der Waals surface area contributed by atoms with Crippen LogP contribution in [0.2, 0.25) is 10.0 Å². The third kappa shape index (κ3) is 5.24. The molecule has 0 fully saturated rings. The molecule has 0 unspecified atom stereocenters. The lowest BCUT2D eigenvalue weighted by atomic mass is 10.1. The molecule has 0 aliphatic rings. The maximum Gasteiger partial charge on any atom is 0.234 e. The minimum Gasteiger partial charge on any atom is -0.348 e.